The summed E-state index contributed by atoms with van der Waals surface area (Å²) in [5.74, 6) is 0.973. The van der Waals surface area contributed by atoms with Crippen molar-refractivity contribution >= 4 is 39.4 Å². The number of H-pyrrole nitrogens is 1. The van der Waals surface area contributed by atoms with Gasteiger partial charge < -0.3 is 15.2 Å². The molecule has 1 fully saturated rings. The second-order valence-electron chi connectivity index (χ2n) is 6.51. The maximum absolute atomic E-state index is 6.52. The molecule has 2 N–H and O–H groups in total. The highest BCUT2D eigenvalue weighted by Gasteiger charge is 2.19. The zero-order chi connectivity index (χ0) is 17.5. The summed E-state index contributed by atoms with van der Waals surface area (Å²) >= 11 is 6.52. The molecule has 1 aliphatic heterocycles. The average molecular weight is 364 g/mol. The van der Waals surface area contributed by atoms with Crippen LogP contribution >= 0.6 is 11.6 Å². The van der Waals surface area contributed by atoms with E-state index < -0.39 is 0 Å². The Morgan fingerprint density at radius 2 is 1.88 bits per heavy atom. The number of nitrogens with one attached hydrogen (secondary N) is 2. The molecule has 0 amide bonds. The van der Waals surface area contributed by atoms with Gasteiger partial charge in [0.2, 0.25) is 0 Å². The van der Waals surface area contributed by atoms with Crippen molar-refractivity contribution in [3.8, 4) is 11.1 Å². The Labute approximate surface area is 156 Å². The van der Waals surface area contributed by atoms with Gasteiger partial charge in [-0.3, -0.25) is 4.98 Å². The molecule has 130 valence electrons. The first-order valence-corrected chi connectivity index (χ1v) is 9.16. The van der Waals surface area contributed by atoms with E-state index in [2.05, 4.69) is 44.5 Å². The molecule has 1 aliphatic rings. The van der Waals surface area contributed by atoms with E-state index in [1.54, 1.807) is 6.20 Å². The molecule has 3 aromatic heterocycles. The van der Waals surface area contributed by atoms with Gasteiger partial charge >= 0.3 is 0 Å². The first kappa shape index (κ1) is 15.6. The van der Waals surface area contributed by atoms with Crippen molar-refractivity contribution in [2.45, 2.75) is 0 Å². The third-order valence-electron chi connectivity index (χ3n) is 4.95. The van der Waals surface area contributed by atoms with Crippen molar-refractivity contribution in [3.63, 3.8) is 0 Å². The van der Waals surface area contributed by atoms with Gasteiger partial charge in [-0.05, 0) is 23.8 Å². The summed E-state index contributed by atoms with van der Waals surface area (Å²) in [7, 11) is 0. The molecule has 0 aliphatic carbocycles. The molecule has 0 radical (unpaired) electrons. The van der Waals surface area contributed by atoms with Gasteiger partial charge in [-0.1, -0.05) is 29.8 Å². The van der Waals surface area contributed by atoms with E-state index in [0.717, 1.165) is 65.1 Å². The molecule has 4 heterocycles. The Morgan fingerprint density at radius 1 is 1.04 bits per heavy atom. The first-order valence-electron chi connectivity index (χ1n) is 8.78. The largest absolute Gasteiger partial charge is 0.354 e. The predicted molar refractivity (Wildman–Crippen MR) is 107 cm³/mol. The van der Waals surface area contributed by atoms with Crippen molar-refractivity contribution in [1.29, 1.82) is 0 Å². The van der Waals surface area contributed by atoms with E-state index in [-0.39, 0.29) is 0 Å². The van der Waals surface area contributed by atoms with Crippen molar-refractivity contribution in [2.75, 3.05) is 31.1 Å². The zero-order valence-corrected chi connectivity index (χ0v) is 14.9. The molecule has 0 atom stereocenters. The minimum atomic E-state index is 0.698. The molecule has 0 bridgehead atoms. The summed E-state index contributed by atoms with van der Waals surface area (Å²) in [6, 6.07) is 12.3. The summed E-state index contributed by atoms with van der Waals surface area (Å²) in [4.78, 5) is 15.0. The number of piperazine rings is 1. The Balaban J connectivity index is 1.82. The molecule has 0 saturated carbocycles. The van der Waals surface area contributed by atoms with E-state index in [9.17, 15) is 0 Å². The van der Waals surface area contributed by atoms with Gasteiger partial charge in [-0.15, -0.1) is 0 Å². The third-order valence-corrected chi connectivity index (χ3v) is 5.28. The SMILES string of the molecule is Clc1ccncc1-c1cc(N2CCNCC2)nc2[nH]c3ccccc3c12. The number of pyridine rings is 2. The van der Waals surface area contributed by atoms with Crippen LogP contribution in [-0.2, 0) is 0 Å². The minimum Gasteiger partial charge on any atom is -0.354 e. The molecule has 1 saturated heterocycles. The molecule has 5 nitrogen and oxygen atoms in total. The zero-order valence-electron chi connectivity index (χ0n) is 14.2. The monoisotopic (exact) mass is 363 g/mol. The second-order valence-corrected chi connectivity index (χ2v) is 6.92. The molecular weight excluding hydrogens is 346 g/mol. The van der Waals surface area contributed by atoms with E-state index in [4.69, 9.17) is 16.6 Å². The summed E-state index contributed by atoms with van der Waals surface area (Å²) < 4.78 is 0. The summed E-state index contributed by atoms with van der Waals surface area (Å²) in [5, 5.41) is 6.33. The number of aromatic nitrogens is 3. The Bertz CT molecular complexity index is 1100. The van der Waals surface area contributed by atoms with Crippen LogP contribution in [0.5, 0.6) is 0 Å². The Morgan fingerprint density at radius 3 is 2.73 bits per heavy atom. The number of fused-ring (bicyclic) bond motifs is 3. The lowest BCUT2D eigenvalue weighted by atomic mass is 10.0. The normalized spacial score (nSPS) is 15.0. The van der Waals surface area contributed by atoms with E-state index in [1.165, 1.54) is 0 Å². The summed E-state index contributed by atoms with van der Waals surface area (Å²) in [5.41, 5.74) is 3.97. The fourth-order valence-electron chi connectivity index (χ4n) is 3.68. The molecule has 4 aromatic rings. The number of rotatable bonds is 2. The van der Waals surface area contributed by atoms with Crippen molar-refractivity contribution < 1.29 is 0 Å². The minimum absolute atomic E-state index is 0.698. The van der Waals surface area contributed by atoms with Crippen LogP contribution in [0.4, 0.5) is 5.82 Å². The molecule has 5 rings (SSSR count). The standard InChI is InChI=1S/C20H18ClN5/c21-16-5-6-23-12-15(16)14-11-18(26-9-7-22-8-10-26)25-20-19(14)13-3-1-2-4-17(13)24-20/h1-6,11-12,22H,7-10H2,(H,24,25). The Kier molecular flexibility index (Phi) is 3.76. The van der Waals surface area contributed by atoms with Crippen LogP contribution in [0.25, 0.3) is 33.1 Å². The number of hydrogen-bond donors (Lipinski definition) is 2. The van der Waals surface area contributed by atoms with Gasteiger partial charge in [0.05, 0.1) is 5.02 Å². The lowest BCUT2D eigenvalue weighted by molar-refractivity contribution is 0.585. The number of para-hydroxylation sites is 1. The van der Waals surface area contributed by atoms with Gasteiger partial charge in [0.1, 0.15) is 11.5 Å². The highest BCUT2D eigenvalue weighted by molar-refractivity contribution is 6.34. The number of anilines is 1. The second kappa shape index (κ2) is 6.27. The van der Waals surface area contributed by atoms with E-state index >= 15 is 0 Å². The lowest BCUT2D eigenvalue weighted by Crippen LogP contribution is -2.43. The summed E-state index contributed by atoms with van der Waals surface area (Å²) in [6.07, 6.45) is 3.55. The molecule has 0 unspecified atom stereocenters. The molecular formula is C20H18ClN5. The summed E-state index contributed by atoms with van der Waals surface area (Å²) in [6.45, 7) is 3.82. The third kappa shape index (κ3) is 2.52. The topological polar surface area (TPSA) is 56.8 Å². The van der Waals surface area contributed by atoms with Crippen LogP contribution in [0, 0.1) is 0 Å². The van der Waals surface area contributed by atoms with Gasteiger partial charge in [0, 0.05) is 60.4 Å². The van der Waals surface area contributed by atoms with Crippen molar-refractivity contribution in [2.24, 2.45) is 0 Å². The van der Waals surface area contributed by atoms with Crippen molar-refractivity contribution in [3.05, 3.63) is 53.8 Å². The van der Waals surface area contributed by atoms with Crippen molar-refractivity contribution in [1.82, 2.24) is 20.3 Å². The Hall–Kier alpha value is -2.63. The number of hydrogen-bond acceptors (Lipinski definition) is 4. The fourth-order valence-corrected chi connectivity index (χ4v) is 3.88. The number of nitrogens with zero attached hydrogens (tertiary/aromatic N) is 3. The highest BCUT2D eigenvalue weighted by Crippen LogP contribution is 2.38. The first-order chi connectivity index (χ1) is 12.8. The average Bonchev–Trinajstić information content (AvgIpc) is 3.07. The van der Waals surface area contributed by atoms with Gasteiger partial charge in [0.15, 0.2) is 0 Å². The quantitative estimate of drug-likeness (QED) is 0.568. The number of halogens is 1. The maximum atomic E-state index is 6.52. The number of aromatic amines is 1. The maximum Gasteiger partial charge on any atom is 0.141 e. The highest BCUT2D eigenvalue weighted by atomic mass is 35.5. The van der Waals surface area contributed by atoms with Gasteiger partial charge in [-0.2, -0.15) is 0 Å². The predicted octanol–water partition coefficient (Wildman–Crippen LogP) is 3.84. The van der Waals surface area contributed by atoms with Crippen LogP contribution in [0.3, 0.4) is 0 Å². The van der Waals surface area contributed by atoms with Crippen LogP contribution in [0.2, 0.25) is 5.02 Å². The lowest BCUT2D eigenvalue weighted by Gasteiger charge is -2.28. The van der Waals surface area contributed by atoms with Crippen LogP contribution < -0.4 is 10.2 Å². The van der Waals surface area contributed by atoms with E-state index in [1.807, 2.05) is 18.3 Å². The number of benzene rings is 1. The van der Waals surface area contributed by atoms with Gasteiger partial charge in [0.25, 0.3) is 0 Å². The van der Waals surface area contributed by atoms with Crippen LogP contribution in [-0.4, -0.2) is 41.1 Å². The van der Waals surface area contributed by atoms with Gasteiger partial charge in [-0.25, -0.2) is 4.98 Å². The molecule has 0 spiro atoms. The van der Waals surface area contributed by atoms with E-state index in [0.29, 0.717) is 5.02 Å². The molecule has 1 aromatic carbocycles. The fraction of sp³-hybridized carbons (Fsp3) is 0.200. The molecule has 6 heteroatoms. The van der Waals surface area contributed by atoms with Crippen LogP contribution in [0.1, 0.15) is 0 Å². The van der Waals surface area contributed by atoms with Crippen LogP contribution in [0.15, 0.2) is 48.8 Å². The molecule has 26 heavy (non-hydrogen) atoms. The smallest absolute Gasteiger partial charge is 0.141 e.